The molecule has 0 bridgehead atoms. The summed E-state index contributed by atoms with van der Waals surface area (Å²) in [4.78, 5) is 17.2. The topological polar surface area (TPSA) is 42.0 Å². The van der Waals surface area contributed by atoms with E-state index in [1.165, 1.54) is 17.4 Å². The highest BCUT2D eigenvalue weighted by Gasteiger charge is 2.45. The largest absolute Gasteiger partial charge is 0.302 e. The summed E-state index contributed by atoms with van der Waals surface area (Å²) in [6.45, 7) is 1.94. The molecular formula is C14H13FN2OS. The summed E-state index contributed by atoms with van der Waals surface area (Å²) in [6.07, 6.45) is 2.43. The van der Waals surface area contributed by atoms with Crippen molar-refractivity contribution in [3.05, 3.63) is 46.7 Å². The predicted octanol–water partition coefficient (Wildman–Crippen LogP) is 3.33. The highest BCUT2D eigenvalue weighted by atomic mass is 32.1. The van der Waals surface area contributed by atoms with Crippen LogP contribution < -0.4 is 5.32 Å². The maximum absolute atomic E-state index is 13.6. The fraction of sp³-hybridized carbons (Fsp3) is 0.286. The van der Waals surface area contributed by atoms with Crippen LogP contribution in [0.4, 0.5) is 9.52 Å². The number of aromatic nitrogens is 1. The number of amides is 1. The van der Waals surface area contributed by atoms with Gasteiger partial charge in [-0.25, -0.2) is 9.37 Å². The first-order chi connectivity index (χ1) is 9.15. The Balaban J connectivity index is 1.66. The number of halogens is 1. The van der Waals surface area contributed by atoms with E-state index >= 15 is 0 Å². The Morgan fingerprint density at radius 3 is 2.95 bits per heavy atom. The molecule has 3 rings (SSSR count). The molecule has 1 amide bonds. The van der Waals surface area contributed by atoms with Crippen LogP contribution in [0.3, 0.4) is 0 Å². The maximum Gasteiger partial charge on any atom is 0.229 e. The second kappa shape index (κ2) is 4.74. The molecule has 0 aliphatic heterocycles. The van der Waals surface area contributed by atoms with Crippen molar-refractivity contribution in [2.24, 2.45) is 5.92 Å². The number of nitrogens with zero attached hydrogens (tertiary/aromatic N) is 1. The van der Waals surface area contributed by atoms with Crippen molar-refractivity contribution >= 4 is 22.4 Å². The molecule has 2 aromatic rings. The first-order valence-electron chi connectivity index (χ1n) is 6.13. The Morgan fingerprint density at radius 1 is 1.47 bits per heavy atom. The van der Waals surface area contributed by atoms with E-state index in [9.17, 15) is 9.18 Å². The fourth-order valence-corrected chi connectivity index (χ4v) is 2.88. The summed E-state index contributed by atoms with van der Waals surface area (Å²) in [6, 6.07) is 6.65. The van der Waals surface area contributed by atoms with Gasteiger partial charge in [-0.05, 0) is 30.9 Å². The molecule has 0 spiro atoms. The summed E-state index contributed by atoms with van der Waals surface area (Å²) in [5.74, 6) is -0.432. The van der Waals surface area contributed by atoms with Crippen molar-refractivity contribution in [3.8, 4) is 0 Å². The van der Waals surface area contributed by atoms with E-state index in [0.717, 1.165) is 4.88 Å². The fourth-order valence-electron chi connectivity index (χ4n) is 2.21. The van der Waals surface area contributed by atoms with Gasteiger partial charge >= 0.3 is 0 Å². The lowest BCUT2D eigenvalue weighted by Crippen LogP contribution is -2.14. The smallest absolute Gasteiger partial charge is 0.229 e. The van der Waals surface area contributed by atoms with Gasteiger partial charge in [-0.15, -0.1) is 11.3 Å². The van der Waals surface area contributed by atoms with Gasteiger partial charge in [0, 0.05) is 17.0 Å². The lowest BCUT2D eigenvalue weighted by atomic mass is 10.1. The molecule has 1 N–H and O–H groups in total. The average Bonchev–Trinajstić information content (AvgIpc) is 3.08. The number of hydrogen-bond donors (Lipinski definition) is 1. The van der Waals surface area contributed by atoms with E-state index in [-0.39, 0.29) is 23.6 Å². The first-order valence-corrected chi connectivity index (χ1v) is 6.94. The third-order valence-corrected chi connectivity index (χ3v) is 4.11. The second-order valence-electron chi connectivity index (χ2n) is 4.74. The zero-order valence-electron chi connectivity index (χ0n) is 10.4. The van der Waals surface area contributed by atoms with Crippen LogP contribution >= 0.6 is 11.3 Å². The number of nitrogens with one attached hydrogen (secondary N) is 1. The predicted molar refractivity (Wildman–Crippen MR) is 72.7 cm³/mol. The number of anilines is 1. The highest BCUT2D eigenvalue weighted by molar-refractivity contribution is 7.15. The Labute approximate surface area is 114 Å². The van der Waals surface area contributed by atoms with Crippen LogP contribution in [0.5, 0.6) is 0 Å². The number of rotatable bonds is 3. The van der Waals surface area contributed by atoms with Gasteiger partial charge < -0.3 is 5.32 Å². The zero-order valence-corrected chi connectivity index (χ0v) is 11.2. The molecule has 2 atom stereocenters. The van der Waals surface area contributed by atoms with E-state index in [4.69, 9.17) is 0 Å². The minimum absolute atomic E-state index is 0.00209. The molecule has 1 heterocycles. The Hall–Kier alpha value is -1.75. The molecule has 1 fully saturated rings. The minimum atomic E-state index is -0.229. The summed E-state index contributed by atoms with van der Waals surface area (Å²) >= 11 is 1.44. The third-order valence-electron chi connectivity index (χ3n) is 3.28. The lowest BCUT2D eigenvalue weighted by molar-refractivity contribution is -0.117. The second-order valence-corrected chi connectivity index (χ2v) is 5.97. The molecule has 98 valence electrons. The Kier molecular flexibility index (Phi) is 3.06. The molecule has 1 aliphatic carbocycles. The Bertz CT molecular complexity index is 625. The molecule has 3 nitrogen and oxygen atoms in total. The van der Waals surface area contributed by atoms with Crippen LogP contribution in [0.25, 0.3) is 0 Å². The quantitative estimate of drug-likeness (QED) is 0.934. The minimum Gasteiger partial charge on any atom is -0.302 e. The van der Waals surface area contributed by atoms with Gasteiger partial charge in [0.1, 0.15) is 5.82 Å². The van der Waals surface area contributed by atoms with Crippen LogP contribution in [-0.2, 0) is 4.79 Å². The van der Waals surface area contributed by atoms with E-state index in [1.54, 1.807) is 24.4 Å². The van der Waals surface area contributed by atoms with Crippen LogP contribution in [0, 0.1) is 18.7 Å². The van der Waals surface area contributed by atoms with E-state index in [2.05, 4.69) is 10.3 Å². The standard InChI is InChI=1S/C14H13FN2OS/c1-8-7-16-14(19-8)17-13(18)11-6-10(11)9-4-2-3-5-12(9)15/h2-5,7,10-11H,6H2,1H3,(H,16,17,18). The van der Waals surface area contributed by atoms with E-state index < -0.39 is 0 Å². The number of thiazole rings is 1. The molecule has 1 saturated carbocycles. The number of hydrogen-bond acceptors (Lipinski definition) is 3. The number of aryl methyl sites for hydroxylation is 1. The van der Waals surface area contributed by atoms with Crippen LogP contribution in [0.1, 0.15) is 22.8 Å². The van der Waals surface area contributed by atoms with Gasteiger partial charge in [0.05, 0.1) is 0 Å². The molecule has 1 aromatic heterocycles. The molecule has 5 heteroatoms. The van der Waals surface area contributed by atoms with Gasteiger partial charge in [-0.2, -0.15) is 0 Å². The summed E-state index contributed by atoms with van der Waals surface area (Å²) < 4.78 is 13.6. The summed E-state index contributed by atoms with van der Waals surface area (Å²) in [7, 11) is 0. The number of carbonyl (C=O) groups is 1. The van der Waals surface area contributed by atoms with Crippen molar-refractivity contribution < 1.29 is 9.18 Å². The van der Waals surface area contributed by atoms with Gasteiger partial charge in [-0.1, -0.05) is 18.2 Å². The van der Waals surface area contributed by atoms with Crippen molar-refractivity contribution in [1.29, 1.82) is 0 Å². The third kappa shape index (κ3) is 2.51. The van der Waals surface area contributed by atoms with Gasteiger partial charge in [-0.3, -0.25) is 4.79 Å². The SMILES string of the molecule is Cc1cnc(NC(=O)C2CC2c2ccccc2F)s1. The molecule has 0 saturated heterocycles. The zero-order chi connectivity index (χ0) is 13.4. The number of carbonyl (C=O) groups excluding carboxylic acids is 1. The van der Waals surface area contributed by atoms with Crippen molar-refractivity contribution in [2.45, 2.75) is 19.3 Å². The van der Waals surface area contributed by atoms with Crippen LogP contribution in [-0.4, -0.2) is 10.9 Å². The molecule has 1 aromatic carbocycles. The molecule has 2 unspecified atom stereocenters. The van der Waals surface area contributed by atoms with Crippen molar-refractivity contribution in [1.82, 2.24) is 4.98 Å². The van der Waals surface area contributed by atoms with Gasteiger partial charge in [0.25, 0.3) is 0 Å². The van der Waals surface area contributed by atoms with Gasteiger partial charge in [0.2, 0.25) is 5.91 Å². The molecular weight excluding hydrogens is 263 g/mol. The first kappa shape index (κ1) is 12.3. The van der Waals surface area contributed by atoms with Gasteiger partial charge in [0.15, 0.2) is 5.13 Å². The van der Waals surface area contributed by atoms with Crippen LogP contribution in [0.2, 0.25) is 0 Å². The monoisotopic (exact) mass is 276 g/mol. The van der Waals surface area contributed by atoms with E-state index in [0.29, 0.717) is 17.1 Å². The molecule has 0 radical (unpaired) electrons. The molecule has 1 aliphatic rings. The van der Waals surface area contributed by atoms with Crippen molar-refractivity contribution in [3.63, 3.8) is 0 Å². The summed E-state index contributed by atoms with van der Waals surface area (Å²) in [5.41, 5.74) is 0.637. The van der Waals surface area contributed by atoms with E-state index in [1.807, 2.05) is 6.92 Å². The Morgan fingerprint density at radius 2 is 2.26 bits per heavy atom. The average molecular weight is 276 g/mol. The maximum atomic E-state index is 13.6. The lowest BCUT2D eigenvalue weighted by Gasteiger charge is -2.02. The number of benzene rings is 1. The van der Waals surface area contributed by atoms with Crippen LogP contribution in [0.15, 0.2) is 30.5 Å². The van der Waals surface area contributed by atoms with Crippen molar-refractivity contribution in [2.75, 3.05) is 5.32 Å². The highest BCUT2D eigenvalue weighted by Crippen LogP contribution is 2.48. The molecule has 19 heavy (non-hydrogen) atoms. The normalized spacial score (nSPS) is 21.2. The summed E-state index contributed by atoms with van der Waals surface area (Å²) in [5, 5.41) is 3.40.